The first kappa shape index (κ1) is 36.2. The van der Waals surface area contributed by atoms with Gasteiger partial charge in [0.2, 0.25) is 0 Å². The van der Waals surface area contributed by atoms with Crippen molar-refractivity contribution in [3.05, 3.63) is 246 Å². The normalized spacial score (nSPS) is 13.7. The third-order valence-corrected chi connectivity index (χ3v) is 12.4. The van der Waals surface area contributed by atoms with Crippen molar-refractivity contribution in [2.24, 2.45) is 7.05 Å². The van der Waals surface area contributed by atoms with E-state index in [1.807, 2.05) is 0 Å². The summed E-state index contributed by atoms with van der Waals surface area (Å²) in [5.41, 5.74) is 17.1. The zero-order valence-electron chi connectivity index (χ0n) is 34.0. The minimum absolute atomic E-state index is 0.302. The Hall–Kier alpha value is -7.86. The lowest BCUT2D eigenvalue weighted by Gasteiger charge is -2.27. The molecule has 0 radical (unpaired) electrons. The van der Waals surface area contributed by atoms with Gasteiger partial charge < -0.3 is 9.47 Å². The molecule has 1 aliphatic rings. The minimum Gasteiger partial charge on any atom is -0.344 e. The molecule has 0 saturated carbocycles. The maximum absolute atomic E-state index is 3.48. The Balaban J connectivity index is 0.860. The monoisotopic (exact) mass is 778 g/mol. The van der Waals surface area contributed by atoms with Gasteiger partial charge in [0, 0.05) is 57.3 Å². The Morgan fingerprint density at radius 1 is 0.525 bits per heavy atom. The summed E-state index contributed by atoms with van der Waals surface area (Å²) >= 11 is 0. The average Bonchev–Trinajstić information content (AvgIpc) is 3.61. The number of benzene rings is 8. The van der Waals surface area contributed by atoms with Crippen LogP contribution in [0.25, 0.3) is 67.5 Å². The molecule has 0 amide bonds. The average molecular weight is 779 g/mol. The molecule has 0 spiro atoms. The molecule has 0 N–H and O–H groups in total. The lowest BCUT2D eigenvalue weighted by Crippen LogP contribution is -2.11. The quantitative estimate of drug-likeness (QED) is 0.149. The van der Waals surface area contributed by atoms with Crippen molar-refractivity contribution in [1.82, 2.24) is 4.57 Å². The molecule has 61 heavy (non-hydrogen) atoms. The number of fused-ring (bicyclic) bond motifs is 5. The van der Waals surface area contributed by atoms with E-state index in [2.05, 4.69) is 247 Å². The van der Waals surface area contributed by atoms with Crippen molar-refractivity contribution in [2.45, 2.75) is 12.3 Å². The highest BCUT2D eigenvalue weighted by Gasteiger charge is 2.25. The Morgan fingerprint density at radius 3 is 1.90 bits per heavy atom. The van der Waals surface area contributed by atoms with Crippen LogP contribution in [0.2, 0.25) is 0 Å². The molecule has 0 fully saturated rings. The third kappa shape index (κ3) is 6.87. The topological polar surface area (TPSA) is 8.17 Å². The summed E-state index contributed by atoms with van der Waals surface area (Å²) < 4.78 is 2.32. The maximum Gasteiger partial charge on any atom is 0.0509 e. The van der Waals surface area contributed by atoms with Gasteiger partial charge >= 0.3 is 0 Å². The van der Waals surface area contributed by atoms with Crippen molar-refractivity contribution >= 4 is 73.4 Å². The first-order valence-electron chi connectivity index (χ1n) is 21.1. The smallest absolute Gasteiger partial charge is 0.0509 e. The van der Waals surface area contributed by atoms with E-state index in [1.165, 1.54) is 60.8 Å². The van der Waals surface area contributed by atoms with Gasteiger partial charge in [-0.3, -0.25) is 0 Å². The number of rotatable bonds is 8. The van der Waals surface area contributed by atoms with Gasteiger partial charge in [0.1, 0.15) is 0 Å². The van der Waals surface area contributed by atoms with Crippen molar-refractivity contribution < 1.29 is 0 Å². The van der Waals surface area contributed by atoms with Gasteiger partial charge in [-0.15, -0.1) is 0 Å². The van der Waals surface area contributed by atoms with Crippen LogP contribution in [-0.4, -0.2) is 4.57 Å². The van der Waals surface area contributed by atoms with Gasteiger partial charge in [0.05, 0.1) is 5.52 Å². The number of para-hydroxylation sites is 2. The summed E-state index contributed by atoms with van der Waals surface area (Å²) in [7, 11) is 2.17. The van der Waals surface area contributed by atoms with E-state index < -0.39 is 0 Å². The molecule has 2 heteroatoms. The molecule has 10 aromatic rings. The largest absolute Gasteiger partial charge is 0.344 e. The first-order valence-corrected chi connectivity index (χ1v) is 21.1. The Labute approximate surface area is 357 Å². The van der Waals surface area contributed by atoms with Crippen LogP contribution in [0.15, 0.2) is 200 Å². The van der Waals surface area contributed by atoms with Crippen molar-refractivity contribution in [2.75, 3.05) is 4.90 Å². The second kappa shape index (κ2) is 15.4. The maximum atomic E-state index is 3.48. The second-order valence-electron chi connectivity index (χ2n) is 16.1. The zero-order valence-corrected chi connectivity index (χ0v) is 34.0. The molecule has 1 heterocycles. The number of hydrogen-bond acceptors (Lipinski definition) is 1. The van der Waals surface area contributed by atoms with Crippen LogP contribution in [0.4, 0.5) is 17.1 Å². The van der Waals surface area contributed by atoms with E-state index >= 15 is 0 Å². The number of aromatic nitrogens is 1. The van der Waals surface area contributed by atoms with Gasteiger partial charge in [0.25, 0.3) is 0 Å². The molecular formula is C59H42N2. The van der Waals surface area contributed by atoms with Crippen LogP contribution in [0.5, 0.6) is 0 Å². The van der Waals surface area contributed by atoms with E-state index in [0.29, 0.717) is 5.92 Å². The van der Waals surface area contributed by atoms with Crippen molar-refractivity contribution in [3.63, 3.8) is 0 Å². The SMILES string of the molecule is Cn1c2cc(/C=C/c3c#cc4cc(-c5ccc6c(c5)CC(c5ccccc5)C(c5ccccc5)=C6)ccc4c3)ccc2c2ccc(N(c3ccccc3)c3ccccc3)cc21. The standard InChI is InChI=1S/C59H42N2/c1-60-58-35-42(25-32-54(58)55-33-31-53(40-59(55)60)61(51-18-10-4-11-19-51)52-20-12-5-13-21-52)23-22-41-24-26-46-36-47(28-27-45(46)34-41)48-29-30-49-38-56(43-14-6-2-7-15-43)57(39-50(49)37-48)44-16-8-3-9-17-44/h2-23,25,27-38,40,57H,39H2,1H3/b23-22+. The molecule has 0 bridgehead atoms. The van der Waals surface area contributed by atoms with E-state index in [1.54, 1.807) is 0 Å². The van der Waals surface area contributed by atoms with E-state index in [9.17, 15) is 0 Å². The molecule has 11 rings (SSSR count). The molecule has 1 atom stereocenters. The molecular weight excluding hydrogens is 737 g/mol. The highest BCUT2D eigenvalue weighted by atomic mass is 15.1. The van der Waals surface area contributed by atoms with Crippen molar-refractivity contribution in [1.29, 1.82) is 0 Å². The highest BCUT2D eigenvalue weighted by molar-refractivity contribution is 6.09. The van der Waals surface area contributed by atoms with E-state index in [4.69, 9.17) is 0 Å². The second-order valence-corrected chi connectivity index (χ2v) is 16.1. The lowest BCUT2D eigenvalue weighted by atomic mass is 9.76. The molecule has 288 valence electrons. The van der Waals surface area contributed by atoms with E-state index in [0.717, 1.165) is 45.4 Å². The first-order chi connectivity index (χ1) is 30.1. The number of hydrogen-bond donors (Lipinski definition) is 0. The summed E-state index contributed by atoms with van der Waals surface area (Å²) in [6, 6.07) is 79.3. The van der Waals surface area contributed by atoms with Crippen molar-refractivity contribution in [3.8, 4) is 11.1 Å². The summed E-state index contributed by atoms with van der Waals surface area (Å²) in [4.78, 5) is 2.32. The predicted octanol–water partition coefficient (Wildman–Crippen LogP) is 15.3. The van der Waals surface area contributed by atoms with E-state index in [-0.39, 0.29) is 0 Å². The van der Waals surface area contributed by atoms with Crippen LogP contribution >= 0.6 is 0 Å². The zero-order chi connectivity index (χ0) is 40.7. The third-order valence-electron chi connectivity index (χ3n) is 12.4. The fourth-order valence-electron chi connectivity index (χ4n) is 9.24. The van der Waals surface area contributed by atoms with Crippen LogP contribution in [0.1, 0.15) is 39.3 Å². The molecule has 1 unspecified atom stereocenters. The molecule has 0 aliphatic heterocycles. The summed E-state index contributed by atoms with van der Waals surface area (Å²) in [5, 5.41) is 4.71. The Kier molecular flexibility index (Phi) is 9.14. The molecule has 0 saturated heterocycles. The predicted molar refractivity (Wildman–Crippen MR) is 258 cm³/mol. The number of anilines is 3. The number of aryl methyl sites for hydroxylation is 1. The molecule has 1 aromatic heterocycles. The van der Waals surface area contributed by atoms with Crippen LogP contribution in [0, 0.1) is 12.1 Å². The van der Waals surface area contributed by atoms with Crippen LogP contribution < -0.4 is 4.90 Å². The fraction of sp³-hybridized carbons (Fsp3) is 0.0508. The number of allylic oxidation sites excluding steroid dienone is 1. The number of nitrogens with zero attached hydrogens (tertiary/aromatic N) is 2. The summed E-state index contributed by atoms with van der Waals surface area (Å²) in [5.74, 6) is 0.302. The van der Waals surface area contributed by atoms with Crippen LogP contribution in [0.3, 0.4) is 0 Å². The molecule has 2 nitrogen and oxygen atoms in total. The summed E-state index contributed by atoms with van der Waals surface area (Å²) in [6.07, 6.45) is 7.69. The van der Waals surface area contributed by atoms with Gasteiger partial charge in [0.15, 0.2) is 0 Å². The molecule has 9 aromatic carbocycles. The fourth-order valence-corrected chi connectivity index (χ4v) is 9.24. The molecule has 1 aliphatic carbocycles. The Bertz CT molecular complexity index is 3230. The van der Waals surface area contributed by atoms with Gasteiger partial charge in [-0.25, -0.2) is 0 Å². The Morgan fingerprint density at radius 2 is 1.16 bits per heavy atom. The van der Waals surface area contributed by atoms with Gasteiger partial charge in [-0.1, -0.05) is 170 Å². The van der Waals surface area contributed by atoms with Crippen LogP contribution in [-0.2, 0) is 13.5 Å². The lowest BCUT2D eigenvalue weighted by molar-refractivity contribution is 0.845. The minimum atomic E-state index is 0.302. The van der Waals surface area contributed by atoms with Gasteiger partial charge in [-0.2, -0.15) is 0 Å². The highest BCUT2D eigenvalue weighted by Crippen LogP contribution is 2.43. The van der Waals surface area contributed by atoms with Gasteiger partial charge in [-0.05, 0) is 117 Å². The summed E-state index contributed by atoms with van der Waals surface area (Å²) in [6.45, 7) is 0.